The molecule has 0 bridgehead atoms. The van der Waals surface area contributed by atoms with Crippen LogP contribution in [0, 0.1) is 22.7 Å². The number of thiazole rings is 1. The van der Waals surface area contributed by atoms with Gasteiger partial charge in [0.2, 0.25) is 27.4 Å². The SMILES string of the molecule is C=C[C@@H]1C[C@]1(CC(=O)[C@@H]1C[C@@H](Oc2nc(-c3ccc(C(F)(F)F)cc3)nc3c2oc2ccccc23)CN1C(=O)[C@@H](Cc1nc(C(C)(C)C)cs1)C(C)(C)C)C(=O)NS(=O)(=O)C1CC1. The molecule has 3 aliphatic rings. The number of nitrogens with one attached hydrogen (secondary N) is 1. The van der Waals surface area contributed by atoms with Crippen LogP contribution < -0.4 is 9.46 Å². The number of ketones is 1. The molecule has 3 fully saturated rings. The van der Waals surface area contributed by atoms with Crippen LogP contribution >= 0.6 is 11.3 Å². The number of aromatic nitrogens is 3. The van der Waals surface area contributed by atoms with Crippen LogP contribution in [-0.4, -0.2) is 69.8 Å². The number of amides is 2. The number of hydrogen-bond donors (Lipinski definition) is 1. The van der Waals surface area contributed by atoms with E-state index in [1.807, 2.05) is 26.2 Å². The van der Waals surface area contributed by atoms with Crippen LogP contribution in [0.15, 0.2) is 71.0 Å². The normalized spacial score (nSPS) is 22.3. The number of ether oxygens (including phenoxy) is 1. The fourth-order valence-electron chi connectivity index (χ4n) is 8.37. The van der Waals surface area contributed by atoms with Crippen molar-refractivity contribution in [3.8, 4) is 17.3 Å². The van der Waals surface area contributed by atoms with Gasteiger partial charge >= 0.3 is 6.18 Å². The summed E-state index contributed by atoms with van der Waals surface area (Å²) in [4.78, 5) is 59.3. The van der Waals surface area contributed by atoms with Gasteiger partial charge in [0.25, 0.3) is 5.88 Å². The smallest absolute Gasteiger partial charge is 0.416 e. The summed E-state index contributed by atoms with van der Waals surface area (Å²) in [5, 5.41) is 2.72. The molecule has 5 atom stereocenters. The fourth-order valence-corrected chi connectivity index (χ4v) is 10.8. The van der Waals surface area contributed by atoms with E-state index in [0.717, 1.165) is 22.8 Å². The highest BCUT2D eigenvalue weighted by atomic mass is 32.2. The molecule has 1 saturated heterocycles. The molecule has 17 heteroatoms. The lowest BCUT2D eigenvalue weighted by atomic mass is 9.77. The molecule has 3 aromatic heterocycles. The van der Waals surface area contributed by atoms with Crippen molar-refractivity contribution in [2.75, 3.05) is 6.54 Å². The molecule has 2 amide bonds. The lowest BCUT2D eigenvalue weighted by Crippen LogP contribution is -2.48. The zero-order valence-electron chi connectivity index (χ0n) is 35.9. The van der Waals surface area contributed by atoms with Crippen LogP contribution in [0.3, 0.4) is 0 Å². The van der Waals surface area contributed by atoms with Gasteiger partial charge in [0.15, 0.2) is 11.6 Å². The number of furan rings is 1. The molecular weight excluding hydrogens is 856 g/mol. The van der Waals surface area contributed by atoms with Crippen LogP contribution in [0.1, 0.15) is 89.9 Å². The van der Waals surface area contributed by atoms with E-state index in [0.29, 0.717) is 35.7 Å². The number of halogens is 3. The molecule has 334 valence electrons. The van der Waals surface area contributed by atoms with Gasteiger partial charge in [0, 0.05) is 46.9 Å². The third-order valence-corrected chi connectivity index (χ3v) is 15.1. The fraction of sp³-hybridized carbons (Fsp3) is 0.478. The molecule has 0 unspecified atom stereocenters. The molecule has 5 aromatic rings. The molecule has 2 saturated carbocycles. The Morgan fingerprint density at radius 2 is 1.73 bits per heavy atom. The van der Waals surface area contributed by atoms with Crippen molar-refractivity contribution >= 4 is 61.0 Å². The van der Waals surface area contributed by atoms with Crippen LogP contribution in [0.4, 0.5) is 13.2 Å². The largest absolute Gasteiger partial charge is 0.470 e. The monoisotopic (exact) mass is 905 g/mol. The van der Waals surface area contributed by atoms with Gasteiger partial charge in [-0.25, -0.2) is 18.4 Å². The first kappa shape index (κ1) is 44.4. The predicted octanol–water partition coefficient (Wildman–Crippen LogP) is 8.83. The number of alkyl halides is 3. The summed E-state index contributed by atoms with van der Waals surface area (Å²) in [5.41, 5.74) is -0.820. The van der Waals surface area contributed by atoms with Gasteiger partial charge in [-0.3, -0.25) is 19.1 Å². The van der Waals surface area contributed by atoms with Gasteiger partial charge in [0.05, 0.1) is 39.5 Å². The number of carbonyl (C=O) groups is 3. The molecule has 2 aromatic carbocycles. The third-order valence-electron chi connectivity index (χ3n) is 12.5. The summed E-state index contributed by atoms with van der Waals surface area (Å²) in [6.07, 6.45) is -2.77. The van der Waals surface area contributed by atoms with Crippen LogP contribution in [0.25, 0.3) is 33.5 Å². The predicted molar refractivity (Wildman–Crippen MR) is 232 cm³/mol. The van der Waals surface area contributed by atoms with E-state index in [1.165, 1.54) is 28.4 Å². The van der Waals surface area contributed by atoms with E-state index < -0.39 is 73.5 Å². The molecule has 63 heavy (non-hydrogen) atoms. The molecule has 1 aliphatic heterocycles. The standard InChI is InChI=1S/C46H50F3N5O7S2/c1-8-26-21-45(26,42(57)53-63(58,59)29-17-18-29)22-33(55)32-19-28(23-54(32)41(56)31(43(2,3)4)20-36-50-35(24-62-36)44(5,6)7)60-40-38-37(30-11-9-10-12-34(30)61-38)51-39(52-40)25-13-15-27(16-14-25)46(47,48)49/h8-16,24,26,28-29,31-32H,1,17-23H2,2-7H3,(H,53,57)/t26-,28-,31-,32+,45-/m1/s1. The minimum Gasteiger partial charge on any atom is -0.470 e. The first-order valence-electron chi connectivity index (χ1n) is 21.0. The number of rotatable bonds is 13. The van der Waals surface area contributed by atoms with E-state index in [2.05, 4.69) is 37.1 Å². The average Bonchev–Trinajstić information content (AvgIpc) is 4.04. The van der Waals surface area contributed by atoms with Gasteiger partial charge in [-0.2, -0.15) is 18.2 Å². The van der Waals surface area contributed by atoms with Crippen molar-refractivity contribution in [2.24, 2.45) is 22.7 Å². The number of benzene rings is 2. The maximum atomic E-state index is 15.1. The van der Waals surface area contributed by atoms with Crippen LogP contribution in [0.5, 0.6) is 5.88 Å². The Kier molecular flexibility index (Phi) is 11.2. The summed E-state index contributed by atoms with van der Waals surface area (Å²) in [7, 11) is -3.91. The summed E-state index contributed by atoms with van der Waals surface area (Å²) in [6.45, 7) is 15.8. The molecule has 0 radical (unpaired) electrons. The average molecular weight is 906 g/mol. The minimum atomic E-state index is -4.55. The Bertz CT molecular complexity index is 2730. The van der Waals surface area contributed by atoms with Crippen molar-refractivity contribution in [2.45, 2.75) is 109 Å². The number of allylic oxidation sites excluding steroid dienone is 1. The number of para-hydroxylation sites is 1. The second-order valence-corrected chi connectivity index (χ2v) is 22.1. The maximum Gasteiger partial charge on any atom is 0.416 e. The van der Waals surface area contributed by atoms with Crippen molar-refractivity contribution in [1.82, 2.24) is 24.6 Å². The molecular formula is C46H50F3N5O7S2. The first-order valence-corrected chi connectivity index (χ1v) is 23.4. The summed E-state index contributed by atoms with van der Waals surface area (Å²) in [5.74, 6) is -2.56. The van der Waals surface area contributed by atoms with E-state index in [9.17, 15) is 31.2 Å². The number of likely N-dealkylation sites (tertiary alicyclic amines) is 1. The van der Waals surface area contributed by atoms with Gasteiger partial charge in [0.1, 0.15) is 17.2 Å². The molecule has 1 N–H and O–H groups in total. The molecule has 12 nitrogen and oxygen atoms in total. The second-order valence-electron chi connectivity index (χ2n) is 19.2. The van der Waals surface area contributed by atoms with Crippen molar-refractivity contribution in [1.29, 1.82) is 0 Å². The van der Waals surface area contributed by atoms with Gasteiger partial charge < -0.3 is 14.1 Å². The minimum absolute atomic E-state index is 0.00890. The number of sulfonamides is 1. The summed E-state index contributed by atoms with van der Waals surface area (Å²) < 4.78 is 81.3. The van der Waals surface area contributed by atoms with Gasteiger partial charge in [-0.15, -0.1) is 17.9 Å². The zero-order chi connectivity index (χ0) is 45.4. The van der Waals surface area contributed by atoms with Crippen LogP contribution in [0.2, 0.25) is 0 Å². The topological polar surface area (TPSA) is 162 Å². The Morgan fingerprint density at radius 1 is 1.03 bits per heavy atom. The lowest BCUT2D eigenvalue weighted by molar-refractivity contribution is -0.144. The van der Waals surface area contributed by atoms with E-state index in [1.54, 1.807) is 30.3 Å². The highest BCUT2D eigenvalue weighted by Crippen LogP contribution is 2.57. The van der Waals surface area contributed by atoms with E-state index >= 15 is 4.79 Å². The number of Topliss-reactive ketones (excluding diaryl/α,β-unsaturated/α-hetero) is 1. The number of fused-ring (bicyclic) bond motifs is 3. The Morgan fingerprint density at radius 3 is 2.33 bits per heavy atom. The Labute approximate surface area is 367 Å². The highest BCUT2D eigenvalue weighted by molar-refractivity contribution is 7.90. The van der Waals surface area contributed by atoms with E-state index in [-0.39, 0.29) is 60.0 Å². The molecule has 0 spiro atoms. The molecule has 4 heterocycles. The zero-order valence-corrected chi connectivity index (χ0v) is 37.5. The van der Waals surface area contributed by atoms with Gasteiger partial charge in [-0.1, -0.05) is 71.9 Å². The first-order chi connectivity index (χ1) is 29.5. The summed E-state index contributed by atoms with van der Waals surface area (Å²) in [6, 6.07) is 10.5. The molecule has 8 rings (SSSR count). The van der Waals surface area contributed by atoms with Crippen molar-refractivity contribution in [3.05, 3.63) is 82.8 Å². The summed E-state index contributed by atoms with van der Waals surface area (Å²) >= 11 is 1.47. The second kappa shape index (κ2) is 15.8. The number of hydrogen-bond acceptors (Lipinski definition) is 11. The number of nitrogens with zero attached hydrogens (tertiary/aromatic N) is 4. The molecule has 2 aliphatic carbocycles. The van der Waals surface area contributed by atoms with Gasteiger partial charge in [-0.05, 0) is 54.9 Å². The Balaban J connectivity index is 1.15. The van der Waals surface area contributed by atoms with Crippen LogP contribution in [-0.2, 0) is 42.4 Å². The quantitative estimate of drug-likeness (QED) is 0.113. The lowest BCUT2D eigenvalue weighted by Gasteiger charge is -2.35. The van der Waals surface area contributed by atoms with Crippen molar-refractivity contribution in [3.63, 3.8) is 0 Å². The maximum absolute atomic E-state index is 15.1. The van der Waals surface area contributed by atoms with Crippen molar-refractivity contribution < 1.29 is 45.1 Å². The highest BCUT2D eigenvalue weighted by Gasteiger charge is 2.61. The van der Waals surface area contributed by atoms with E-state index in [4.69, 9.17) is 19.1 Å². The number of carbonyl (C=O) groups excluding carboxylic acids is 3. The third kappa shape index (κ3) is 8.87. The Hall–Kier alpha value is -5.16.